The summed E-state index contributed by atoms with van der Waals surface area (Å²) in [5, 5.41) is 3.01. The van der Waals surface area contributed by atoms with Gasteiger partial charge in [-0.05, 0) is 36.4 Å². The third-order valence-electron chi connectivity index (χ3n) is 4.72. The topological polar surface area (TPSA) is 83.2 Å². The smallest absolute Gasteiger partial charge is 0.224 e. The molecule has 0 unspecified atom stereocenters. The average Bonchev–Trinajstić information content (AvgIpc) is 2.75. The molecule has 1 heterocycles. The molecule has 3 rings (SSSR count). The molecule has 156 valence electrons. The molecular weight excluding hydrogens is 481 g/mol. The van der Waals surface area contributed by atoms with Crippen LogP contribution in [-0.2, 0) is 4.79 Å². The van der Waals surface area contributed by atoms with E-state index in [0.29, 0.717) is 18.9 Å². The highest BCUT2D eigenvalue weighted by Gasteiger charge is 2.20. The summed E-state index contributed by atoms with van der Waals surface area (Å²) in [4.78, 5) is 20.9. The third-order valence-corrected chi connectivity index (χ3v) is 4.72. The Balaban J connectivity index is 0.00000300. The number of para-hydroxylation sites is 1. The maximum Gasteiger partial charge on any atom is 0.224 e. The number of nitrogens with two attached hydrogens (primary N) is 1. The number of benzene rings is 2. The van der Waals surface area contributed by atoms with Gasteiger partial charge in [0.1, 0.15) is 5.75 Å². The van der Waals surface area contributed by atoms with E-state index in [1.807, 2.05) is 47.4 Å². The van der Waals surface area contributed by atoms with Crippen LogP contribution in [0, 0.1) is 0 Å². The molecule has 2 aromatic rings. The van der Waals surface area contributed by atoms with Gasteiger partial charge in [-0.1, -0.05) is 18.2 Å². The van der Waals surface area contributed by atoms with Crippen molar-refractivity contribution in [2.75, 3.05) is 50.1 Å². The van der Waals surface area contributed by atoms with Gasteiger partial charge in [-0.3, -0.25) is 9.79 Å². The standard InChI is InChI=1S/C21H27N5O2.HI/c1-28-19-9-7-17(8-10-19)24-21(22)23-12-11-20(27)26-15-13-25(14-16-26)18-5-3-2-4-6-18;/h2-10H,11-16H2,1H3,(H3,22,23,24);1H. The molecule has 1 aliphatic rings. The number of nitrogens with one attached hydrogen (secondary N) is 1. The van der Waals surface area contributed by atoms with E-state index in [0.717, 1.165) is 37.6 Å². The lowest BCUT2D eigenvalue weighted by atomic mass is 10.2. The molecular formula is C21H28IN5O2. The molecule has 0 aromatic heterocycles. The molecule has 0 spiro atoms. The van der Waals surface area contributed by atoms with E-state index >= 15 is 0 Å². The van der Waals surface area contributed by atoms with Crippen molar-refractivity contribution in [1.29, 1.82) is 0 Å². The Bertz CT molecular complexity index is 790. The lowest BCUT2D eigenvalue weighted by Gasteiger charge is -2.36. The highest BCUT2D eigenvalue weighted by atomic mass is 127. The van der Waals surface area contributed by atoms with Crippen LogP contribution in [0.1, 0.15) is 6.42 Å². The molecule has 1 fully saturated rings. The number of ether oxygens (including phenoxy) is 1. The fourth-order valence-corrected chi connectivity index (χ4v) is 3.14. The number of amides is 1. The summed E-state index contributed by atoms with van der Waals surface area (Å²) < 4.78 is 5.12. The van der Waals surface area contributed by atoms with Crippen molar-refractivity contribution in [2.24, 2.45) is 10.7 Å². The van der Waals surface area contributed by atoms with Crippen molar-refractivity contribution < 1.29 is 9.53 Å². The minimum Gasteiger partial charge on any atom is -0.497 e. The van der Waals surface area contributed by atoms with Crippen LogP contribution in [0.3, 0.4) is 0 Å². The van der Waals surface area contributed by atoms with Crippen LogP contribution in [-0.4, -0.2) is 56.6 Å². The Kier molecular flexibility index (Phi) is 9.04. The molecule has 0 radical (unpaired) electrons. The second kappa shape index (κ2) is 11.5. The van der Waals surface area contributed by atoms with E-state index in [1.165, 1.54) is 5.69 Å². The van der Waals surface area contributed by atoms with E-state index < -0.39 is 0 Å². The van der Waals surface area contributed by atoms with E-state index in [2.05, 4.69) is 27.3 Å². The number of halogens is 1. The molecule has 2 aromatic carbocycles. The molecule has 29 heavy (non-hydrogen) atoms. The van der Waals surface area contributed by atoms with Gasteiger partial charge in [0, 0.05) is 44.0 Å². The maximum atomic E-state index is 12.4. The van der Waals surface area contributed by atoms with Gasteiger partial charge in [0.15, 0.2) is 5.96 Å². The Hall–Kier alpha value is -2.49. The molecule has 7 nitrogen and oxygen atoms in total. The van der Waals surface area contributed by atoms with Crippen molar-refractivity contribution in [1.82, 2.24) is 4.90 Å². The van der Waals surface area contributed by atoms with Crippen LogP contribution < -0.4 is 20.7 Å². The van der Waals surface area contributed by atoms with E-state index in [9.17, 15) is 4.79 Å². The maximum absolute atomic E-state index is 12.4. The van der Waals surface area contributed by atoms with Gasteiger partial charge in [-0.15, -0.1) is 24.0 Å². The largest absolute Gasteiger partial charge is 0.497 e. The second-order valence-electron chi connectivity index (χ2n) is 6.57. The van der Waals surface area contributed by atoms with Crippen molar-refractivity contribution in [3.63, 3.8) is 0 Å². The van der Waals surface area contributed by atoms with Crippen LogP contribution >= 0.6 is 24.0 Å². The Morgan fingerprint density at radius 3 is 2.34 bits per heavy atom. The number of piperazine rings is 1. The molecule has 1 amide bonds. The molecule has 3 N–H and O–H groups in total. The first kappa shape index (κ1) is 22.8. The van der Waals surface area contributed by atoms with Crippen molar-refractivity contribution >= 4 is 47.2 Å². The van der Waals surface area contributed by atoms with Crippen molar-refractivity contribution in [2.45, 2.75) is 6.42 Å². The van der Waals surface area contributed by atoms with Gasteiger partial charge in [0.2, 0.25) is 5.91 Å². The van der Waals surface area contributed by atoms with Gasteiger partial charge in [-0.2, -0.15) is 0 Å². The second-order valence-corrected chi connectivity index (χ2v) is 6.57. The number of carbonyl (C=O) groups excluding carboxylic acids is 1. The SMILES string of the molecule is COc1ccc(NC(N)=NCCC(=O)N2CCN(c3ccccc3)CC2)cc1.I. The summed E-state index contributed by atoms with van der Waals surface area (Å²) in [7, 11) is 1.62. The van der Waals surface area contributed by atoms with Crippen LogP contribution in [0.15, 0.2) is 59.6 Å². The Morgan fingerprint density at radius 2 is 1.72 bits per heavy atom. The highest BCUT2D eigenvalue weighted by molar-refractivity contribution is 14.0. The molecule has 0 bridgehead atoms. The number of guanidine groups is 1. The third kappa shape index (κ3) is 6.81. The van der Waals surface area contributed by atoms with Crippen LogP contribution in [0.2, 0.25) is 0 Å². The van der Waals surface area contributed by atoms with Crippen LogP contribution in [0.5, 0.6) is 5.75 Å². The number of anilines is 2. The predicted octanol–water partition coefficient (Wildman–Crippen LogP) is 2.78. The van der Waals surface area contributed by atoms with E-state index in [1.54, 1.807) is 7.11 Å². The first-order valence-electron chi connectivity index (χ1n) is 9.44. The van der Waals surface area contributed by atoms with Crippen molar-refractivity contribution in [3.05, 3.63) is 54.6 Å². The Labute approximate surface area is 188 Å². The van der Waals surface area contributed by atoms with Gasteiger partial charge < -0.3 is 25.6 Å². The molecule has 0 atom stereocenters. The first-order valence-corrected chi connectivity index (χ1v) is 9.44. The number of methoxy groups -OCH3 is 1. The van der Waals surface area contributed by atoms with Gasteiger partial charge in [-0.25, -0.2) is 0 Å². The number of hydrogen-bond acceptors (Lipinski definition) is 4. The van der Waals surface area contributed by atoms with Gasteiger partial charge >= 0.3 is 0 Å². The zero-order valence-electron chi connectivity index (χ0n) is 16.6. The minimum absolute atomic E-state index is 0. The molecule has 1 saturated heterocycles. The molecule has 8 heteroatoms. The Morgan fingerprint density at radius 1 is 1.07 bits per heavy atom. The lowest BCUT2D eigenvalue weighted by molar-refractivity contribution is -0.131. The van der Waals surface area contributed by atoms with E-state index in [-0.39, 0.29) is 29.9 Å². The average molecular weight is 509 g/mol. The summed E-state index contributed by atoms with van der Waals surface area (Å²) in [5.41, 5.74) is 7.93. The number of carbonyl (C=O) groups is 1. The monoisotopic (exact) mass is 509 g/mol. The number of nitrogens with zero attached hydrogens (tertiary/aromatic N) is 3. The normalized spacial score (nSPS) is 14.2. The molecule has 0 aliphatic carbocycles. The predicted molar refractivity (Wildman–Crippen MR) is 128 cm³/mol. The lowest BCUT2D eigenvalue weighted by Crippen LogP contribution is -2.48. The number of hydrogen-bond donors (Lipinski definition) is 2. The zero-order valence-corrected chi connectivity index (χ0v) is 18.9. The van der Waals surface area contributed by atoms with Crippen molar-refractivity contribution in [3.8, 4) is 5.75 Å². The number of rotatable bonds is 6. The van der Waals surface area contributed by atoms with E-state index in [4.69, 9.17) is 10.5 Å². The summed E-state index contributed by atoms with van der Waals surface area (Å²) in [6.45, 7) is 3.53. The quantitative estimate of drug-likeness (QED) is 0.356. The fraction of sp³-hybridized carbons (Fsp3) is 0.333. The zero-order chi connectivity index (χ0) is 19.8. The summed E-state index contributed by atoms with van der Waals surface area (Å²) in [6.07, 6.45) is 0.357. The molecule has 1 aliphatic heterocycles. The summed E-state index contributed by atoms with van der Waals surface area (Å²) >= 11 is 0. The van der Waals surface area contributed by atoms with Gasteiger partial charge in [0.25, 0.3) is 0 Å². The van der Waals surface area contributed by atoms with Crippen LogP contribution in [0.4, 0.5) is 11.4 Å². The summed E-state index contributed by atoms with van der Waals surface area (Å²) in [6, 6.07) is 17.7. The summed E-state index contributed by atoms with van der Waals surface area (Å²) in [5.74, 6) is 1.19. The van der Waals surface area contributed by atoms with Crippen LogP contribution in [0.25, 0.3) is 0 Å². The first-order chi connectivity index (χ1) is 13.7. The number of aliphatic imine (C=N–C) groups is 1. The fourth-order valence-electron chi connectivity index (χ4n) is 3.14. The highest BCUT2D eigenvalue weighted by Crippen LogP contribution is 2.16. The minimum atomic E-state index is 0. The molecule has 0 saturated carbocycles. The van der Waals surface area contributed by atoms with Gasteiger partial charge in [0.05, 0.1) is 13.7 Å².